The molecule has 0 saturated carbocycles. The van der Waals surface area contributed by atoms with Gasteiger partial charge in [0.15, 0.2) is 5.76 Å². The SMILES string of the molecule is CCCN1CCCC2(CCN(S(=O)(=O)c3c(C)noc3C)C2)C1=O. The van der Waals surface area contributed by atoms with E-state index in [0.29, 0.717) is 24.4 Å². The average molecular weight is 355 g/mol. The Morgan fingerprint density at radius 2 is 2.00 bits per heavy atom. The van der Waals surface area contributed by atoms with Gasteiger partial charge in [0, 0.05) is 26.2 Å². The molecule has 3 rings (SSSR count). The predicted octanol–water partition coefficient (Wildman–Crippen LogP) is 1.70. The van der Waals surface area contributed by atoms with Crippen molar-refractivity contribution >= 4 is 15.9 Å². The second kappa shape index (κ2) is 6.15. The highest BCUT2D eigenvalue weighted by molar-refractivity contribution is 7.89. The quantitative estimate of drug-likeness (QED) is 0.821. The molecule has 134 valence electrons. The molecule has 0 aromatic carbocycles. The number of piperidine rings is 1. The molecule has 1 unspecified atom stereocenters. The van der Waals surface area contributed by atoms with Crippen molar-refractivity contribution in [3.63, 3.8) is 0 Å². The van der Waals surface area contributed by atoms with Crippen LogP contribution in [-0.4, -0.2) is 54.9 Å². The van der Waals surface area contributed by atoms with Crippen LogP contribution in [0.2, 0.25) is 0 Å². The number of rotatable bonds is 4. The zero-order valence-electron chi connectivity index (χ0n) is 14.5. The highest BCUT2D eigenvalue weighted by Crippen LogP contribution is 2.42. The van der Waals surface area contributed by atoms with Crippen molar-refractivity contribution in [2.75, 3.05) is 26.2 Å². The molecule has 0 bridgehead atoms. The Morgan fingerprint density at radius 3 is 2.62 bits per heavy atom. The molecular weight excluding hydrogens is 330 g/mol. The Hall–Kier alpha value is -1.41. The third kappa shape index (κ3) is 2.65. The van der Waals surface area contributed by atoms with E-state index in [0.717, 1.165) is 32.4 Å². The first kappa shape index (κ1) is 17.4. The molecule has 2 aliphatic heterocycles. The lowest BCUT2D eigenvalue weighted by atomic mass is 9.78. The summed E-state index contributed by atoms with van der Waals surface area (Å²) in [6.07, 6.45) is 3.21. The summed E-state index contributed by atoms with van der Waals surface area (Å²) in [5, 5.41) is 3.75. The lowest BCUT2D eigenvalue weighted by Gasteiger charge is -2.39. The van der Waals surface area contributed by atoms with Crippen LogP contribution >= 0.6 is 0 Å². The maximum absolute atomic E-state index is 13.0. The van der Waals surface area contributed by atoms with E-state index in [9.17, 15) is 13.2 Å². The molecule has 24 heavy (non-hydrogen) atoms. The van der Waals surface area contributed by atoms with E-state index >= 15 is 0 Å². The number of hydrogen-bond donors (Lipinski definition) is 0. The zero-order valence-corrected chi connectivity index (χ0v) is 15.4. The van der Waals surface area contributed by atoms with Crippen LogP contribution in [0.1, 0.15) is 44.1 Å². The number of carbonyl (C=O) groups excluding carboxylic acids is 1. The first-order chi connectivity index (χ1) is 11.3. The number of aryl methyl sites for hydroxylation is 2. The molecule has 2 fully saturated rings. The van der Waals surface area contributed by atoms with Gasteiger partial charge in [0.25, 0.3) is 0 Å². The van der Waals surface area contributed by atoms with Crippen LogP contribution in [0.15, 0.2) is 9.42 Å². The van der Waals surface area contributed by atoms with Gasteiger partial charge in [-0.25, -0.2) is 8.42 Å². The van der Waals surface area contributed by atoms with Gasteiger partial charge in [0.2, 0.25) is 15.9 Å². The molecule has 1 amide bonds. The Labute approximate surface area is 143 Å². The lowest BCUT2D eigenvalue weighted by molar-refractivity contribution is -0.145. The molecule has 0 radical (unpaired) electrons. The monoisotopic (exact) mass is 355 g/mol. The molecule has 1 atom stereocenters. The van der Waals surface area contributed by atoms with Gasteiger partial charge >= 0.3 is 0 Å². The van der Waals surface area contributed by atoms with Crippen LogP contribution in [0.5, 0.6) is 0 Å². The number of sulfonamides is 1. The number of carbonyl (C=O) groups is 1. The van der Waals surface area contributed by atoms with Crippen molar-refractivity contribution < 1.29 is 17.7 Å². The third-order valence-corrected chi connectivity index (χ3v) is 7.29. The fourth-order valence-corrected chi connectivity index (χ4v) is 5.84. The fraction of sp³-hybridized carbons (Fsp3) is 0.750. The molecule has 1 aromatic rings. The number of likely N-dealkylation sites (tertiary alicyclic amines) is 1. The normalized spacial score (nSPS) is 25.8. The van der Waals surface area contributed by atoms with Gasteiger partial charge in [-0.2, -0.15) is 4.31 Å². The Balaban J connectivity index is 1.86. The average Bonchev–Trinajstić information content (AvgIpc) is 3.10. The van der Waals surface area contributed by atoms with Crippen molar-refractivity contribution in [2.24, 2.45) is 5.41 Å². The summed E-state index contributed by atoms with van der Waals surface area (Å²) in [6, 6.07) is 0. The van der Waals surface area contributed by atoms with Gasteiger partial charge in [0.1, 0.15) is 10.6 Å². The van der Waals surface area contributed by atoms with Crippen LogP contribution in [0, 0.1) is 19.3 Å². The van der Waals surface area contributed by atoms with Gasteiger partial charge in [-0.15, -0.1) is 0 Å². The van der Waals surface area contributed by atoms with Gasteiger partial charge < -0.3 is 9.42 Å². The highest BCUT2D eigenvalue weighted by atomic mass is 32.2. The highest BCUT2D eigenvalue weighted by Gasteiger charge is 2.51. The van der Waals surface area contributed by atoms with Crippen LogP contribution in [0.3, 0.4) is 0 Å². The predicted molar refractivity (Wildman–Crippen MR) is 87.9 cm³/mol. The minimum atomic E-state index is -3.68. The summed E-state index contributed by atoms with van der Waals surface area (Å²) < 4.78 is 32.4. The van der Waals surface area contributed by atoms with E-state index < -0.39 is 15.4 Å². The molecule has 1 aromatic heterocycles. The van der Waals surface area contributed by atoms with Crippen molar-refractivity contribution in [3.8, 4) is 0 Å². The Kier molecular flexibility index (Phi) is 4.46. The summed E-state index contributed by atoms with van der Waals surface area (Å²) in [4.78, 5) is 15.0. The number of nitrogens with zero attached hydrogens (tertiary/aromatic N) is 3. The van der Waals surface area contributed by atoms with E-state index in [1.807, 2.05) is 4.90 Å². The minimum Gasteiger partial charge on any atom is -0.360 e. The zero-order chi connectivity index (χ0) is 17.5. The summed E-state index contributed by atoms with van der Waals surface area (Å²) in [7, 11) is -3.68. The first-order valence-corrected chi connectivity index (χ1v) is 9.98. The second-order valence-electron chi connectivity index (χ2n) is 6.92. The molecule has 2 saturated heterocycles. The van der Waals surface area contributed by atoms with E-state index in [2.05, 4.69) is 12.1 Å². The van der Waals surface area contributed by atoms with Crippen LogP contribution in [0.25, 0.3) is 0 Å². The van der Waals surface area contributed by atoms with Crippen LogP contribution in [0.4, 0.5) is 0 Å². The molecule has 7 nitrogen and oxygen atoms in total. The van der Waals surface area contributed by atoms with Crippen LogP contribution < -0.4 is 0 Å². The molecule has 0 N–H and O–H groups in total. The minimum absolute atomic E-state index is 0.118. The van der Waals surface area contributed by atoms with Gasteiger partial charge in [-0.1, -0.05) is 12.1 Å². The summed E-state index contributed by atoms with van der Waals surface area (Å²) in [5.41, 5.74) is -0.185. The van der Waals surface area contributed by atoms with Crippen LogP contribution in [-0.2, 0) is 14.8 Å². The summed E-state index contributed by atoms with van der Waals surface area (Å²) in [6.45, 7) is 7.45. The van der Waals surface area contributed by atoms with Gasteiger partial charge in [-0.3, -0.25) is 4.79 Å². The number of aromatic nitrogens is 1. The van der Waals surface area contributed by atoms with E-state index in [-0.39, 0.29) is 17.3 Å². The Bertz CT molecular complexity index is 721. The van der Waals surface area contributed by atoms with E-state index in [4.69, 9.17) is 4.52 Å². The number of amides is 1. The molecule has 0 aliphatic carbocycles. The molecule has 3 heterocycles. The van der Waals surface area contributed by atoms with E-state index in [1.54, 1.807) is 13.8 Å². The van der Waals surface area contributed by atoms with Gasteiger partial charge in [-0.05, 0) is 39.5 Å². The van der Waals surface area contributed by atoms with E-state index in [1.165, 1.54) is 4.31 Å². The lowest BCUT2D eigenvalue weighted by Crippen LogP contribution is -2.50. The molecule has 1 spiro atoms. The van der Waals surface area contributed by atoms with Crippen molar-refractivity contribution in [2.45, 2.75) is 51.3 Å². The maximum atomic E-state index is 13.0. The smallest absolute Gasteiger partial charge is 0.248 e. The summed E-state index contributed by atoms with van der Waals surface area (Å²) in [5.74, 6) is 0.420. The fourth-order valence-electron chi connectivity index (χ4n) is 4.03. The molecule has 2 aliphatic rings. The standard InChI is InChI=1S/C16H25N3O4S/c1-4-8-18-9-5-6-16(15(18)20)7-10-19(11-16)24(21,22)14-12(2)17-23-13(14)3/h4-11H2,1-3H3. The largest absolute Gasteiger partial charge is 0.360 e. The maximum Gasteiger partial charge on any atom is 0.248 e. The first-order valence-electron chi connectivity index (χ1n) is 8.54. The van der Waals surface area contributed by atoms with Crippen molar-refractivity contribution in [1.82, 2.24) is 14.4 Å². The van der Waals surface area contributed by atoms with Gasteiger partial charge in [0.05, 0.1) is 5.41 Å². The summed E-state index contributed by atoms with van der Waals surface area (Å²) >= 11 is 0. The second-order valence-corrected chi connectivity index (χ2v) is 8.79. The topological polar surface area (TPSA) is 83.7 Å². The number of hydrogen-bond acceptors (Lipinski definition) is 5. The Morgan fingerprint density at radius 1 is 1.25 bits per heavy atom. The molecular formula is C16H25N3O4S. The van der Waals surface area contributed by atoms with Crippen molar-refractivity contribution in [3.05, 3.63) is 11.5 Å². The molecule has 8 heteroatoms. The van der Waals surface area contributed by atoms with Crippen molar-refractivity contribution in [1.29, 1.82) is 0 Å². The third-order valence-electron chi connectivity index (χ3n) is 5.20.